The number of ether oxygens (including phenoxy) is 2. The zero-order valence-corrected chi connectivity index (χ0v) is 12.7. The first-order valence-electron chi connectivity index (χ1n) is 6.08. The summed E-state index contributed by atoms with van der Waals surface area (Å²) in [6.07, 6.45) is 1.69. The minimum Gasteiger partial charge on any atom is -0.496 e. The van der Waals surface area contributed by atoms with Crippen molar-refractivity contribution in [2.75, 3.05) is 19.6 Å². The molecule has 0 spiro atoms. The fourth-order valence-electron chi connectivity index (χ4n) is 1.74. The number of rotatable bonds is 5. The van der Waals surface area contributed by atoms with Crippen molar-refractivity contribution in [3.8, 4) is 11.5 Å². The molecule has 1 N–H and O–H groups in total. The Balaban J connectivity index is 2.19. The highest BCUT2D eigenvalue weighted by atomic mass is 32.1. The van der Waals surface area contributed by atoms with E-state index >= 15 is 0 Å². The standard InChI is InChI=1S/C14H17N3O2S/c1-9-5-13(19-4)11(6-12(9)18-3)7-15-17-14-16-10(2)8-20-14/h5-8H,1-4H3,(H,16,17). The predicted octanol–water partition coefficient (Wildman–Crippen LogP) is 3.22. The predicted molar refractivity (Wildman–Crippen MR) is 82.4 cm³/mol. The highest BCUT2D eigenvalue weighted by molar-refractivity contribution is 7.13. The van der Waals surface area contributed by atoms with Gasteiger partial charge in [-0.1, -0.05) is 0 Å². The average molecular weight is 291 g/mol. The third-order valence-electron chi connectivity index (χ3n) is 2.73. The van der Waals surface area contributed by atoms with Crippen molar-refractivity contribution in [3.05, 3.63) is 34.3 Å². The molecule has 0 saturated heterocycles. The monoisotopic (exact) mass is 291 g/mol. The Morgan fingerprint density at radius 2 is 1.95 bits per heavy atom. The van der Waals surface area contributed by atoms with Crippen LogP contribution < -0.4 is 14.9 Å². The van der Waals surface area contributed by atoms with E-state index in [-0.39, 0.29) is 0 Å². The van der Waals surface area contributed by atoms with E-state index in [0.717, 1.165) is 33.5 Å². The topological polar surface area (TPSA) is 55.7 Å². The highest BCUT2D eigenvalue weighted by Gasteiger charge is 2.06. The van der Waals surface area contributed by atoms with Crippen LogP contribution in [0.15, 0.2) is 22.6 Å². The molecular weight excluding hydrogens is 274 g/mol. The number of thiazole rings is 1. The Bertz CT molecular complexity index is 623. The highest BCUT2D eigenvalue weighted by Crippen LogP contribution is 2.27. The molecule has 1 aromatic heterocycles. The normalized spacial score (nSPS) is 10.8. The molecule has 20 heavy (non-hydrogen) atoms. The molecule has 0 aliphatic carbocycles. The number of aryl methyl sites for hydroxylation is 2. The molecule has 2 rings (SSSR count). The van der Waals surface area contributed by atoms with Gasteiger partial charge in [-0.15, -0.1) is 11.3 Å². The minimum absolute atomic E-state index is 0.754. The number of anilines is 1. The molecule has 6 heteroatoms. The van der Waals surface area contributed by atoms with Crippen LogP contribution in [0.25, 0.3) is 0 Å². The van der Waals surface area contributed by atoms with Crippen molar-refractivity contribution in [2.24, 2.45) is 5.10 Å². The van der Waals surface area contributed by atoms with Crippen molar-refractivity contribution < 1.29 is 9.47 Å². The molecule has 106 valence electrons. The van der Waals surface area contributed by atoms with E-state index in [4.69, 9.17) is 9.47 Å². The van der Waals surface area contributed by atoms with Crippen LogP contribution in [0.3, 0.4) is 0 Å². The zero-order chi connectivity index (χ0) is 14.5. The summed E-state index contributed by atoms with van der Waals surface area (Å²) in [5.74, 6) is 1.56. The third kappa shape index (κ3) is 3.27. The molecule has 0 saturated carbocycles. The molecular formula is C14H17N3O2S. The van der Waals surface area contributed by atoms with Crippen LogP contribution in [0.2, 0.25) is 0 Å². The van der Waals surface area contributed by atoms with Gasteiger partial charge in [0.15, 0.2) is 0 Å². The summed E-state index contributed by atoms with van der Waals surface area (Å²) in [5, 5.41) is 6.90. The molecule has 0 aliphatic heterocycles. The minimum atomic E-state index is 0.754. The Labute approximate surface area is 122 Å². The Hall–Kier alpha value is -2.08. The summed E-state index contributed by atoms with van der Waals surface area (Å²) in [4.78, 5) is 4.27. The molecule has 0 bridgehead atoms. The number of hydrogen-bond donors (Lipinski definition) is 1. The van der Waals surface area contributed by atoms with E-state index in [9.17, 15) is 0 Å². The first-order chi connectivity index (χ1) is 9.63. The second-order valence-electron chi connectivity index (χ2n) is 4.23. The van der Waals surface area contributed by atoms with Crippen molar-refractivity contribution >= 4 is 22.7 Å². The first-order valence-corrected chi connectivity index (χ1v) is 6.96. The van der Waals surface area contributed by atoms with E-state index in [1.165, 1.54) is 11.3 Å². The van der Waals surface area contributed by atoms with Gasteiger partial charge in [-0.25, -0.2) is 4.98 Å². The van der Waals surface area contributed by atoms with Crippen LogP contribution in [0.5, 0.6) is 11.5 Å². The van der Waals surface area contributed by atoms with Crippen molar-refractivity contribution in [2.45, 2.75) is 13.8 Å². The van der Waals surface area contributed by atoms with Crippen LogP contribution in [0.1, 0.15) is 16.8 Å². The third-order valence-corrected chi connectivity index (χ3v) is 3.59. The number of hydrogen-bond acceptors (Lipinski definition) is 6. The van der Waals surface area contributed by atoms with Gasteiger partial charge < -0.3 is 9.47 Å². The van der Waals surface area contributed by atoms with Crippen LogP contribution in [-0.2, 0) is 0 Å². The van der Waals surface area contributed by atoms with E-state index in [1.54, 1.807) is 20.4 Å². The zero-order valence-electron chi connectivity index (χ0n) is 11.9. The lowest BCUT2D eigenvalue weighted by molar-refractivity contribution is 0.400. The van der Waals surface area contributed by atoms with Crippen LogP contribution in [0, 0.1) is 13.8 Å². The Morgan fingerprint density at radius 1 is 1.20 bits per heavy atom. The average Bonchev–Trinajstić information content (AvgIpc) is 2.85. The second kappa shape index (κ2) is 6.38. The van der Waals surface area contributed by atoms with Gasteiger partial charge in [-0.05, 0) is 31.5 Å². The number of hydrazone groups is 1. The molecule has 0 amide bonds. The van der Waals surface area contributed by atoms with Gasteiger partial charge in [0.25, 0.3) is 0 Å². The summed E-state index contributed by atoms with van der Waals surface area (Å²) in [6.45, 7) is 3.91. The first kappa shape index (κ1) is 14.3. The van der Waals surface area contributed by atoms with Gasteiger partial charge >= 0.3 is 0 Å². The number of nitrogens with one attached hydrogen (secondary N) is 1. The number of methoxy groups -OCH3 is 2. The summed E-state index contributed by atoms with van der Waals surface area (Å²) in [5.41, 5.74) is 5.73. The van der Waals surface area contributed by atoms with Gasteiger partial charge in [-0.3, -0.25) is 5.43 Å². The summed E-state index contributed by atoms with van der Waals surface area (Å²) >= 11 is 1.51. The molecule has 5 nitrogen and oxygen atoms in total. The summed E-state index contributed by atoms with van der Waals surface area (Å²) in [6, 6.07) is 3.82. The second-order valence-corrected chi connectivity index (χ2v) is 5.09. The van der Waals surface area contributed by atoms with Crippen LogP contribution in [-0.4, -0.2) is 25.4 Å². The van der Waals surface area contributed by atoms with Crippen LogP contribution in [0.4, 0.5) is 5.13 Å². The number of nitrogens with zero attached hydrogens (tertiary/aromatic N) is 2. The van der Waals surface area contributed by atoms with Gasteiger partial charge in [-0.2, -0.15) is 5.10 Å². The number of aromatic nitrogens is 1. The van der Waals surface area contributed by atoms with Crippen LogP contribution >= 0.6 is 11.3 Å². The van der Waals surface area contributed by atoms with E-state index in [1.807, 2.05) is 31.4 Å². The largest absolute Gasteiger partial charge is 0.496 e. The molecule has 1 heterocycles. The molecule has 2 aromatic rings. The fraction of sp³-hybridized carbons (Fsp3) is 0.286. The Kier molecular flexibility index (Phi) is 4.57. The van der Waals surface area contributed by atoms with Crippen molar-refractivity contribution in [1.29, 1.82) is 0 Å². The summed E-state index contributed by atoms with van der Waals surface area (Å²) < 4.78 is 10.7. The molecule has 0 fully saturated rings. The van der Waals surface area contributed by atoms with Crippen molar-refractivity contribution in [1.82, 2.24) is 4.98 Å². The van der Waals surface area contributed by atoms with Gasteiger partial charge in [0.05, 0.1) is 26.1 Å². The lowest BCUT2D eigenvalue weighted by atomic mass is 10.1. The molecule has 0 atom stereocenters. The molecule has 0 radical (unpaired) electrons. The molecule has 0 unspecified atom stereocenters. The van der Waals surface area contributed by atoms with Crippen molar-refractivity contribution in [3.63, 3.8) is 0 Å². The van der Waals surface area contributed by atoms with E-state index in [2.05, 4.69) is 15.5 Å². The van der Waals surface area contributed by atoms with E-state index < -0.39 is 0 Å². The molecule has 0 aliphatic rings. The SMILES string of the molecule is COc1cc(C=NNc2nc(C)cs2)c(OC)cc1C. The maximum Gasteiger partial charge on any atom is 0.203 e. The quantitative estimate of drug-likeness (QED) is 0.679. The lowest BCUT2D eigenvalue weighted by Crippen LogP contribution is -1.97. The van der Waals surface area contributed by atoms with Gasteiger partial charge in [0, 0.05) is 10.9 Å². The fourth-order valence-corrected chi connectivity index (χ4v) is 2.37. The van der Waals surface area contributed by atoms with Gasteiger partial charge in [0.1, 0.15) is 11.5 Å². The van der Waals surface area contributed by atoms with Gasteiger partial charge in [0.2, 0.25) is 5.13 Å². The maximum absolute atomic E-state index is 5.34. The van der Waals surface area contributed by atoms with E-state index in [0.29, 0.717) is 0 Å². The number of benzene rings is 1. The maximum atomic E-state index is 5.34. The smallest absolute Gasteiger partial charge is 0.203 e. The summed E-state index contributed by atoms with van der Waals surface area (Å²) in [7, 11) is 3.28. The Morgan fingerprint density at radius 3 is 2.55 bits per heavy atom. The molecule has 1 aromatic carbocycles. The lowest BCUT2D eigenvalue weighted by Gasteiger charge is -2.10.